The summed E-state index contributed by atoms with van der Waals surface area (Å²) < 4.78 is 2.34. The normalized spacial score (nSPS) is 15.5. The molecule has 1 heterocycles. The zero-order valence-electron chi connectivity index (χ0n) is 20.5. The van der Waals surface area contributed by atoms with Gasteiger partial charge in [0.15, 0.2) is 0 Å². The van der Waals surface area contributed by atoms with Gasteiger partial charge in [0.1, 0.15) is 5.75 Å². The zero-order valence-corrected chi connectivity index (χ0v) is 20.5. The summed E-state index contributed by atoms with van der Waals surface area (Å²) in [7, 11) is 2.27. The van der Waals surface area contributed by atoms with E-state index in [-0.39, 0.29) is 11.4 Å². The summed E-state index contributed by atoms with van der Waals surface area (Å²) in [6.45, 7) is 3.14. The number of carbonyl (C=O) groups excluding carboxylic acids is 1. The predicted molar refractivity (Wildman–Crippen MR) is 140 cm³/mol. The van der Waals surface area contributed by atoms with Crippen molar-refractivity contribution in [2.24, 2.45) is 0 Å². The number of aromatic nitrogens is 1. The molecule has 0 unspecified atom stereocenters. The molecule has 35 heavy (non-hydrogen) atoms. The van der Waals surface area contributed by atoms with E-state index in [9.17, 15) is 15.0 Å². The average molecular weight is 478 g/mol. The average Bonchev–Trinajstić information content (AvgIpc) is 3.28. The quantitative estimate of drug-likeness (QED) is 0.232. The summed E-state index contributed by atoms with van der Waals surface area (Å²) >= 11 is 0. The van der Waals surface area contributed by atoms with Crippen LogP contribution in [0.25, 0.3) is 10.9 Å². The van der Waals surface area contributed by atoms with Gasteiger partial charge in [-0.15, -0.1) is 0 Å². The van der Waals surface area contributed by atoms with Crippen molar-refractivity contribution in [1.29, 1.82) is 0 Å². The Morgan fingerprint density at radius 2 is 2.00 bits per heavy atom. The number of carbonyl (C=O) groups is 1. The second kappa shape index (κ2) is 12.2. The molecule has 4 rings (SSSR count). The van der Waals surface area contributed by atoms with Gasteiger partial charge < -0.3 is 30.3 Å². The van der Waals surface area contributed by atoms with Gasteiger partial charge in [0.05, 0.1) is 11.8 Å². The molecule has 1 atom stereocenters. The number of anilines is 1. The molecule has 0 spiro atoms. The van der Waals surface area contributed by atoms with E-state index in [1.54, 1.807) is 12.1 Å². The Bertz CT molecular complexity index is 1110. The minimum absolute atomic E-state index is 0.0312. The van der Waals surface area contributed by atoms with Crippen molar-refractivity contribution in [2.45, 2.75) is 57.3 Å². The summed E-state index contributed by atoms with van der Waals surface area (Å²) in [6, 6.07) is 14.1. The third-order valence-electron chi connectivity index (χ3n) is 7.06. The van der Waals surface area contributed by atoms with Crippen LogP contribution in [0.1, 0.15) is 49.3 Å². The Morgan fingerprint density at radius 1 is 1.17 bits per heavy atom. The van der Waals surface area contributed by atoms with Gasteiger partial charge in [-0.3, -0.25) is 4.79 Å². The van der Waals surface area contributed by atoms with E-state index >= 15 is 0 Å². The first-order valence-corrected chi connectivity index (χ1v) is 12.6. The van der Waals surface area contributed by atoms with E-state index in [2.05, 4.69) is 64.0 Å². The number of benzene rings is 2. The molecule has 1 aromatic heterocycles. The minimum atomic E-state index is -0.752. The number of fused-ring (bicyclic) bond motifs is 1. The van der Waals surface area contributed by atoms with Crippen LogP contribution in [0.3, 0.4) is 0 Å². The molecule has 0 aliphatic heterocycles. The minimum Gasteiger partial charge on any atom is -0.506 e. The number of nitrogens with zero attached hydrogens (tertiary/aromatic N) is 2. The molecule has 7 nitrogen and oxygen atoms in total. The largest absolute Gasteiger partial charge is 0.506 e. The van der Waals surface area contributed by atoms with E-state index in [4.69, 9.17) is 0 Å². The molecule has 1 fully saturated rings. The highest BCUT2D eigenvalue weighted by atomic mass is 16.3. The molecule has 7 heteroatoms. The van der Waals surface area contributed by atoms with Crippen molar-refractivity contribution < 1.29 is 15.0 Å². The second-order valence-corrected chi connectivity index (χ2v) is 9.52. The molecule has 4 N–H and O–H groups in total. The first-order chi connectivity index (χ1) is 17.0. The van der Waals surface area contributed by atoms with Gasteiger partial charge in [0.2, 0.25) is 6.41 Å². The van der Waals surface area contributed by atoms with Crippen LogP contribution in [0.5, 0.6) is 5.75 Å². The van der Waals surface area contributed by atoms with Gasteiger partial charge in [-0.25, -0.2) is 0 Å². The topological polar surface area (TPSA) is 89.8 Å². The molecule has 0 saturated heterocycles. The van der Waals surface area contributed by atoms with Crippen LogP contribution in [-0.2, 0) is 17.9 Å². The zero-order chi connectivity index (χ0) is 24.6. The molecule has 1 aliphatic rings. The third kappa shape index (κ3) is 6.63. The molecular formula is C28H37N4O3. The lowest BCUT2D eigenvalue weighted by Gasteiger charge is -2.31. The molecular weight excluding hydrogens is 440 g/mol. The molecule has 1 amide bonds. The monoisotopic (exact) mass is 477 g/mol. The van der Waals surface area contributed by atoms with Crippen LogP contribution in [-0.4, -0.2) is 52.3 Å². The fourth-order valence-corrected chi connectivity index (χ4v) is 4.99. The van der Waals surface area contributed by atoms with Crippen LogP contribution in [0, 0.1) is 6.42 Å². The Hall–Kier alpha value is -2.87. The van der Waals surface area contributed by atoms with Gasteiger partial charge in [-0.1, -0.05) is 12.1 Å². The van der Waals surface area contributed by atoms with Gasteiger partial charge >= 0.3 is 0 Å². The predicted octanol–water partition coefficient (Wildman–Crippen LogP) is 4.21. The first kappa shape index (κ1) is 25.2. The van der Waals surface area contributed by atoms with E-state index in [0.29, 0.717) is 25.1 Å². The number of phenolic OH excluding ortho intramolecular Hbond substituents is 1. The number of rotatable bonds is 12. The smallest absolute Gasteiger partial charge is 0.211 e. The number of amides is 1. The number of aromatic hydroxyl groups is 1. The molecule has 1 radical (unpaired) electrons. The molecule has 187 valence electrons. The Morgan fingerprint density at radius 3 is 2.80 bits per heavy atom. The van der Waals surface area contributed by atoms with Gasteiger partial charge in [0, 0.05) is 37.4 Å². The van der Waals surface area contributed by atoms with Crippen molar-refractivity contribution in [3.8, 4) is 5.75 Å². The molecule has 1 saturated carbocycles. The third-order valence-corrected chi connectivity index (χ3v) is 7.06. The number of aliphatic hydroxyl groups excluding tert-OH is 1. The highest BCUT2D eigenvalue weighted by Crippen LogP contribution is 2.27. The van der Waals surface area contributed by atoms with Crippen LogP contribution in [0.4, 0.5) is 5.69 Å². The number of hydrogen-bond donors (Lipinski definition) is 4. The Kier molecular flexibility index (Phi) is 8.79. The van der Waals surface area contributed by atoms with Gasteiger partial charge in [-0.2, -0.15) is 0 Å². The van der Waals surface area contributed by atoms with Crippen LogP contribution in [0.15, 0.2) is 48.7 Å². The summed E-state index contributed by atoms with van der Waals surface area (Å²) in [5.74, 6) is -0.0312. The van der Waals surface area contributed by atoms with Crippen LogP contribution in [0.2, 0.25) is 0 Å². The Balaban J connectivity index is 1.26. The molecule has 1 aliphatic carbocycles. The standard InChI is InChI=1S/C28H37N4O3/c1-31(24-6-3-2-4-7-24)13-5-14-32-15-12-22-16-21(8-10-26(22)32)18-29-19-28(35)23-9-11-27(34)25(17-23)30-20-33/h2,8-12,15-17,20,24,28-29,34-35H,3-7,13-14,18-19H2,1H3,(H,30,33)/t28-/m0/s1. The number of hydrogen-bond acceptors (Lipinski definition) is 5. The fourth-order valence-electron chi connectivity index (χ4n) is 4.99. The SMILES string of the molecule is CN(CCCn1ccc2cc(CNC[C@H](O)c3ccc(O)c(NC=O)c3)ccc21)C1CC[CH]CC1. The van der Waals surface area contributed by atoms with Crippen molar-refractivity contribution in [1.82, 2.24) is 14.8 Å². The van der Waals surface area contributed by atoms with Crippen molar-refractivity contribution in [3.05, 3.63) is 66.2 Å². The van der Waals surface area contributed by atoms with Gasteiger partial charge in [0.25, 0.3) is 0 Å². The van der Waals surface area contributed by atoms with Crippen LogP contribution >= 0.6 is 0 Å². The first-order valence-electron chi connectivity index (χ1n) is 12.6. The molecule has 3 aromatic rings. The summed E-state index contributed by atoms with van der Waals surface area (Å²) in [6.07, 6.45) is 10.6. The number of phenols is 1. The lowest BCUT2D eigenvalue weighted by molar-refractivity contribution is -0.105. The van der Waals surface area contributed by atoms with E-state index in [1.807, 2.05) is 0 Å². The summed E-state index contributed by atoms with van der Waals surface area (Å²) in [4.78, 5) is 13.2. The molecule has 0 bridgehead atoms. The van der Waals surface area contributed by atoms with Crippen molar-refractivity contribution in [2.75, 3.05) is 25.5 Å². The lowest BCUT2D eigenvalue weighted by Crippen LogP contribution is -2.34. The Labute approximate surface area is 207 Å². The maximum Gasteiger partial charge on any atom is 0.211 e. The highest BCUT2D eigenvalue weighted by Gasteiger charge is 2.17. The molecule has 2 aromatic carbocycles. The van der Waals surface area contributed by atoms with E-state index in [0.717, 1.165) is 31.1 Å². The maximum atomic E-state index is 10.7. The summed E-state index contributed by atoms with van der Waals surface area (Å²) in [5.41, 5.74) is 3.32. The second-order valence-electron chi connectivity index (χ2n) is 9.52. The lowest BCUT2D eigenvalue weighted by atomic mass is 9.94. The van der Waals surface area contributed by atoms with Crippen molar-refractivity contribution >= 4 is 23.0 Å². The number of nitrogens with one attached hydrogen (secondary N) is 2. The van der Waals surface area contributed by atoms with E-state index in [1.165, 1.54) is 42.7 Å². The number of aryl methyl sites for hydroxylation is 1. The van der Waals surface area contributed by atoms with Crippen molar-refractivity contribution in [3.63, 3.8) is 0 Å². The summed E-state index contributed by atoms with van der Waals surface area (Å²) in [5, 5.41) is 27.2. The highest BCUT2D eigenvalue weighted by molar-refractivity contribution is 5.81. The number of aliphatic hydroxyl groups is 1. The van der Waals surface area contributed by atoms with Crippen LogP contribution < -0.4 is 10.6 Å². The van der Waals surface area contributed by atoms with E-state index < -0.39 is 6.10 Å². The fraction of sp³-hybridized carbons (Fsp3) is 0.429. The van der Waals surface area contributed by atoms with Gasteiger partial charge in [-0.05, 0) is 99.0 Å². The maximum absolute atomic E-state index is 10.7.